The fraction of sp³-hybridized carbons (Fsp3) is 0.125. The highest BCUT2D eigenvalue weighted by atomic mass is 35.7. The van der Waals surface area contributed by atoms with E-state index < -0.39 is 15.0 Å². The van der Waals surface area contributed by atoms with Gasteiger partial charge in [0.1, 0.15) is 4.90 Å². The highest BCUT2D eigenvalue weighted by Gasteiger charge is 2.16. The summed E-state index contributed by atoms with van der Waals surface area (Å²) in [7, 11) is 2.42. The molecule has 0 aliphatic heterocycles. The zero-order valence-corrected chi connectivity index (χ0v) is 9.86. The number of rotatable bonds is 2. The Morgan fingerprint density at radius 3 is 2.40 bits per heavy atom. The SMILES string of the molecule is COC(=O)c1ccc(S(=O)(=O)Cl)c(Cl)c1. The third-order valence-corrected chi connectivity index (χ3v) is 3.42. The smallest absolute Gasteiger partial charge is 0.337 e. The Hall–Kier alpha value is -0.780. The van der Waals surface area contributed by atoms with Crippen LogP contribution in [0.15, 0.2) is 23.1 Å². The van der Waals surface area contributed by atoms with Crippen molar-refractivity contribution in [2.45, 2.75) is 4.90 Å². The number of ether oxygens (including phenoxy) is 1. The maximum Gasteiger partial charge on any atom is 0.337 e. The molecule has 7 heteroatoms. The lowest BCUT2D eigenvalue weighted by molar-refractivity contribution is 0.0600. The summed E-state index contributed by atoms with van der Waals surface area (Å²) in [6.45, 7) is 0. The van der Waals surface area contributed by atoms with E-state index in [9.17, 15) is 13.2 Å². The van der Waals surface area contributed by atoms with Gasteiger partial charge in [0.25, 0.3) is 9.05 Å². The molecule has 0 fully saturated rings. The van der Waals surface area contributed by atoms with Crippen LogP contribution in [-0.2, 0) is 13.8 Å². The van der Waals surface area contributed by atoms with Crippen LogP contribution >= 0.6 is 22.3 Å². The van der Waals surface area contributed by atoms with Crippen LogP contribution in [0.5, 0.6) is 0 Å². The van der Waals surface area contributed by atoms with Gasteiger partial charge in [0.05, 0.1) is 17.7 Å². The first-order chi connectivity index (χ1) is 6.86. The van der Waals surface area contributed by atoms with Gasteiger partial charge in [-0.05, 0) is 18.2 Å². The van der Waals surface area contributed by atoms with Gasteiger partial charge in [-0.15, -0.1) is 0 Å². The Balaban J connectivity index is 3.27. The first-order valence-electron chi connectivity index (χ1n) is 3.69. The second kappa shape index (κ2) is 4.38. The monoisotopic (exact) mass is 268 g/mol. The van der Waals surface area contributed by atoms with Crippen molar-refractivity contribution in [1.82, 2.24) is 0 Å². The molecule has 0 radical (unpaired) electrons. The second-order valence-electron chi connectivity index (χ2n) is 2.57. The summed E-state index contributed by atoms with van der Waals surface area (Å²) in [6, 6.07) is 3.60. The minimum atomic E-state index is -3.89. The summed E-state index contributed by atoms with van der Waals surface area (Å²) in [6.07, 6.45) is 0. The number of carbonyl (C=O) groups is 1. The van der Waals surface area contributed by atoms with Gasteiger partial charge in [-0.1, -0.05) is 11.6 Å². The van der Waals surface area contributed by atoms with E-state index in [0.717, 1.165) is 6.07 Å². The van der Waals surface area contributed by atoms with Gasteiger partial charge in [-0.3, -0.25) is 0 Å². The van der Waals surface area contributed by atoms with Crippen LogP contribution in [0, 0.1) is 0 Å². The highest BCUT2D eigenvalue weighted by Crippen LogP contribution is 2.25. The van der Waals surface area contributed by atoms with E-state index in [1.165, 1.54) is 19.2 Å². The number of methoxy groups -OCH3 is 1. The van der Waals surface area contributed by atoms with E-state index in [2.05, 4.69) is 4.74 Å². The molecule has 0 saturated heterocycles. The Morgan fingerprint density at radius 2 is 2.00 bits per heavy atom. The second-order valence-corrected chi connectivity index (χ2v) is 5.52. The molecule has 0 atom stereocenters. The Morgan fingerprint density at radius 1 is 1.40 bits per heavy atom. The van der Waals surface area contributed by atoms with Crippen LogP contribution in [0.1, 0.15) is 10.4 Å². The molecule has 15 heavy (non-hydrogen) atoms. The predicted octanol–water partition coefficient (Wildman–Crippen LogP) is 2.05. The Bertz CT molecular complexity index is 495. The van der Waals surface area contributed by atoms with E-state index in [4.69, 9.17) is 22.3 Å². The van der Waals surface area contributed by atoms with Crippen LogP contribution in [0.4, 0.5) is 0 Å². The van der Waals surface area contributed by atoms with Crippen molar-refractivity contribution in [2.75, 3.05) is 7.11 Å². The molecule has 82 valence electrons. The maximum atomic E-state index is 11.1. The van der Waals surface area contributed by atoms with Crippen LogP contribution in [-0.4, -0.2) is 21.5 Å². The normalized spacial score (nSPS) is 11.1. The molecule has 0 heterocycles. The van der Waals surface area contributed by atoms with E-state index in [1.807, 2.05) is 0 Å². The van der Waals surface area contributed by atoms with Crippen molar-refractivity contribution in [3.8, 4) is 0 Å². The third kappa shape index (κ3) is 2.84. The predicted molar refractivity (Wildman–Crippen MR) is 55.8 cm³/mol. The van der Waals surface area contributed by atoms with Gasteiger partial charge in [-0.25, -0.2) is 13.2 Å². The van der Waals surface area contributed by atoms with E-state index in [0.29, 0.717) is 0 Å². The van der Waals surface area contributed by atoms with Crippen LogP contribution in [0.2, 0.25) is 5.02 Å². The zero-order chi connectivity index (χ0) is 11.6. The van der Waals surface area contributed by atoms with Gasteiger partial charge >= 0.3 is 5.97 Å². The molecule has 0 spiro atoms. The zero-order valence-electron chi connectivity index (χ0n) is 7.53. The standard InChI is InChI=1S/C8H6Cl2O4S/c1-14-8(11)5-2-3-7(6(9)4-5)15(10,12)13/h2-4H,1H3. The molecule has 0 aromatic heterocycles. The summed E-state index contributed by atoms with van der Waals surface area (Å²) in [5.41, 5.74) is 0.159. The first kappa shape index (κ1) is 12.3. The van der Waals surface area contributed by atoms with Crippen LogP contribution < -0.4 is 0 Å². The summed E-state index contributed by atoms with van der Waals surface area (Å²) < 4.78 is 26.4. The fourth-order valence-corrected chi connectivity index (χ4v) is 2.47. The number of benzene rings is 1. The third-order valence-electron chi connectivity index (χ3n) is 1.62. The summed E-state index contributed by atoms with van der Waals surface area (Å²) in [5, 5.41) is -0.118. The molecule has 4 nitrogen and oxygen atoms in total. The molecule has 0 N–H and O–H groups in total. The molecule has 0 amide bonds. The number of carbonyl (C=O) groups excluding carboxylic acids is 1. The van der Waals surface area contributed by atoms with Crippen molar-refractivity contribution in [3.63, 3.8) is 0 Å². The lowest BCUT2D eigenvalue weighted by Gasteiger charge is -2.02. The van der Waals surface area contributed by atoms with E-state index >= 15 is 0 Å². The van der Waals surface area contributed by atoms with Gasteiger partial charge < -0.3 is 4.74 Å². The molecule has 1 aromatic carbocycles. The molecule has 0 aliphatic rings. The largest absolute Gasteiger partial charge is 0.465 e. The molecular formula is C8H6Cl2O4S. The van der Waals surface area contributed by atoms with Gasteiger partial charge in [-0.2, -0.15) is 0 Å². The summed E-state index contributed by atoms with van der Waals surface area (Å²) in [4.78, 5) is 10.8. The van der Waals surface area contributed by atoms with Crippen molar-refractivity contribution >= 4 is 37.3 Å². The minimum Gasteiger partial charge on any atom is -0.465 e. The lowest BCUT2D eigenvalue weighted by atomic mass is 10.2. The highest BCUT2D eigenvalue weighted by molar-refractivity contribution is 8.13. The van der Waals surface area contributed by atoms with Crippen LogP contribution in [0.3, 0.4) is 0 Å². The number of halogens is 2. The quantitative estimate of drug-likeness (QED) is 0.609. The number of esters is 1. The van der Waals surface area contributed by atoms with Gasteiger partial charge in [0, 0.05) is 10.7 Å². The molecule has 1 rings (SSSR count). The molecule has 0 unspecified atom stereocenters. The lowest BCUT2D eigenvalue weighted by Crippen LogP contribution is -2.02. The number of hydrogen-bond donors (Lipinski definition) is 0. The molecule has 1 aromatic rings. The molecule has 0 saturated carbocycles. The van der Waals surface area contributed by atoms with Crippen molar-refractivity contribution < 1.29 is 17.9 Å². The van der Waals surface area contributed by atoms with Crippen LogP contribution in [0.25, 0.3) is 0 Å². The van der Waals surface area contributed by atoms with Gasteiger partial charge in [0.2, 0.25) is 0 Å². The Labute approximate surface area is 96.2 Å². The summed E-state index contributed by atoms with van der Waals surface area (Å²) >= 11 is 5.64. The van der Waals surface area contributed by atoms with Crippen molar-refractivity contribution in [3.05, 3.63) is 28.8 Å². The average molecular weight is 269 g/mol. The molecule has 0 bridgehead atoms. The first-order valence-corrected chi connectivity index (χ1v) is 6.37. The maximum absolute atomic E-state index is 11.1. The summed E-state index contributed by atoms with van der Waals surface area (Å²) in [5.74, 6) is -0.601. The van der Waals surface area contributed by atoms with E-state index in [-0.39, 0.29) is 15.5 Å². The fourth-order valence-electron chi connectivity index (χ4n) is 0.943. The van der Waals surface area contributed by atoms with E-state index in [1.54, 1.807) is 0 Å². The molecule has 0 aliphatic carbocycles. The topological polar surface area (TPSA) is 60.4 Å². The number of hydrogen-bond acceptors (Lipinski definition) is 4. The Kier molecular flexibility index (Phi) is 3.59. The molecular weight excluding hydrogens is 263 g/mol. The minimum absolute atomic E-state index is 0.118. The average Bonchev–Trinajstić information content (AvgIpc) is 2.14. The van der Waals surface area contributed by atoms with Crippen molar-refractivity contribution in [2.24, 2.45) is 0 Å². The van der Waals surface area contributed by atoms with Crippen molar-refractivity contribution in [1.29, 1.82) is 0 Å². The van der Waals surface area contributed by atoms with Gasteiger partial charge in [0.15, 0.2) is 0 Å².